The summed E-state index contributed by atoms with van der Waals surface area (Å²) in [7, 11) is 0. The summed E-state index contributed by atoms with van der Waals surface area (Å²) in [6.45, 7) is 6.33. The lowest BCUT2D eigenvalue weighted by Gasteiger charge is -2.36. The van der Waals surface area contributed by atoms with Crippen molar-refractivity contribution in [3.8, 4) is 0 Å². The molecule has 1 saturated carbocycles. The van der Waals surface area contributed by atoms with E-state index in [1.807, 2.05) is 12.1 Å². The van der Waals surface area contributed by atoms with Crippen molar-refractivity contribution >= 4 is 17.7 Å². The van der Waals surface area contributed by atoms with Gasteiger partial charge in [0.25, 0.3) is 5.91 Å². The Balaban J connectivity index is 1.20. The van der Waals surface area contributed by atoms with Crippen molar-refractivity contribution in [1.29, 1.82) is 0 Å². The number of benzene rings is 1. The fourth-order valence-corrected chi connectivity index (χ4v) is 4.83. The maximum Gasteiger partial charge on any atom is 0.255 e. The molecule has 0 radical (unpaired) electrons. The number of carbonyl (C=O) groups excluding carboxylic acids is 3. The van der Waals surface area contributed by atoms with Gasteiger partial charge in [-0.2, -0.15) is 0 Å². The number of fused-ring (bicyclic) bond motifs is 1. The quantitative estimate of drug-likeness (QED) is 0.665. The van der Waals surface area contributed by atoms with Crippen LogP contribution in [-0.4, -0.2) is 76.7 Å². The summed E-state index contributed by atoms with van der Waals surface area (Å²) in [5, 5.41) is 2.35. The molecule has 1 aliphatic carbocycles. The van der Waals surface area contributed by atoms with Crippen molar-refractivity contribution in [2.75, 3.05) is 32.7 Å². The van der Waals surface area contributed by atoms with Crippen molar-refractivity contribution in [2.24, 2.45) is 5.73 Å². The van der Waals surface area contributed by atoms with Crippen molar-refractivity contribution in [2.45, 2.75) is 50.4 Å². The van der Waals surface area contributed by atoms with Gasteiger partial charge in [-0.1, -0.05) is 12.1 Å². The summed E-state index contributed by atoms with van der Waals surface area (Å²) in [6.07, 6.45) is 2.96. The van der Waals surface area contributed by atoms with Crippen molar-refractivity contribution < 1.29 is 14.4 Å². The zero-order valence-electron chi connectivity index (χ0n) is 17.2. The molecule has 1 atom stereocenters. The first-order valence-corrected chi connectivity index (χ1v) is 10.9. The number of imide groups is 1. The van der Waals surface area contributed by atoms with Gasteiger partial charge in [-0.3, -0.25) is 29.5 Å². The van der Waals surface area contributed by atoms with Crippen LogP contribution in [0.3, 0.4) is 0 Å². The van der Waals surface area contributed by atoms with Gasteiger partial charge in [0.1, 0.15) is 6.04 Å². The third kappa shape index (κ3) is 3.87. The number of piperidine rings is 1. The third-order valence-corrected chi connectivity index (χ3v) is 6.89. The Kier molecular flexibility index (Phi) is 4.88. The molecule has 30 heavy (non-hydrogen) atoms. The molecule has 1 unspecified atom stereocenters. The predicted molar refractivity (Wildman–Crippen MR) is 110 cm³/mol. The Morgan fingerprint density at radius 3 is 2.50 bits per heavy atom. The standard InChI is InChI=1S/C22H29N5O3/c23-22(5-6-22)14-26-9-7-25(8-10-26)12-15-1-2-16-13-27(21(30)17(16)11-15)18-3-4-19(28)24-20(18)29/h1-2,11,18H,3-10,12-14,23H2,(H,24,28,29). The molecule has 3 aliphatic heterocycles. The lowest BCUT2D eigenvalue weighted by Crippen LogP contribution is -2.52. The Labute approximate surface area is 176 Å². The number of nitrogens with two attached hydrogens (primary N) is 1. The van der Waals surface area contributed by atoms with Gasteiger partial charge in [-0.25, -0.2) is 0 Å². The topological polar surface area (TPSA) is 99.0 Å². The summed E-state index contributed by atoms with van der Waals surface area (Å²) in [5.41, 5.74) is 9.08. The first-order chi connectivity index (χ1) is 14.4. The molecule has 8 nitrogen and oxygen atoms in total. The highest BCUT2D eigenvalue weighted by Gasteiger charge is 2.40. The number of hydrogen-bond donors (Lipinski definition) is 2. The number of nitrogens with zero attached hydrogens (tertiary/aromatic N) is 3. The molecule has 160 valence electrons. The largest absolute Gasteiger partial charge is 0.324 e. The minimum absolute atomic E-state index is 0.0664. The molecule has 5 rings (SSSR count). The van der Waals surface area contributed by atoms with E-state index in [0.717, 1.165) is 63.2 Å². The van der Waals surface area contributed by atoms with E-state index in [9.17, 15) is 14.4 Å². The summed E-state index contributed by atoms with van der Waals surface area (Å²) in [4.78, 5) is 43.1. The highest BCUT2D eigenvalue weighted by atomic mass is 16.2. The molecule has 8 heteroatoms. The van der Waals surface area contributed by atoms with E-state index in [4.69, 9.17) is 5.73 Å². The maximum atomic E-state index is 13.0. The first-order valence-electron chi connectivity index (χ1n) is 10.9. The predicted octanol–water partition coefficient (Wildman–Crippen LogP) is 0.0565. The second kappa shape index (κ2) is 7.44. The molecule has 3 fully saturated rings. The first kappa shape index (κ1) is 19.7. The Morgan fingerprint density at radius 1 is 1.07 bits per heavy atom. The Hall–Kier alpha value is -2.29. The van der Waals surface area contributed by atoms with E-state index in [1.54, 1.807) is 4.90 Å². The van der Waals surface area contributed by atoms with E-state index >= 15 is 0 Å². The SMILES string of the molecule is NC1(CN2CCN(Cc3ccc4c(c3)C(=O)N(C3CCC(=O)NC3=O)C4)CC2)CC1. The molecule has 0 spiro atoms. The van der Waals surface area contributed by atoms with Gasteiger partial charge in [-0.15, -0.1) is 0 Å². The number of amides is 3. The van der Waals surface area contributed by atoms with E-state index in [-0.39, 0.29) is 29.7 Å². The van der Waals surface area contributed by atoms with Crippen LogP contribution in [0.4, 0.5) is 0 Å². The lowest BCUT2D eigenvalue weighted by atomic mass is 10.0. The van der Waals surface area contributed by atoms with E-state index in [0.29, 0.717) is 18.5 Å². The molecule has 3 amide bonds. The summed E-state index contributed by atoms with van der Waals surface area (Å²) >= 11 is 0. The maximum absolute atomic E-state index is 13.0. The minimum Gasteiger partial charge on any atom is -0.324 e. The minimum atomic E-state index is -0.559. The van der Waals surface area contributed by atoms with Crippen LogP contribution in [0.25, 0.3) is 0 Å². The zero-order chi connectivity index (χ0) is 20.9. The second-order valence-electron chi connectivity index (χ2n) is 9.31. The third-order valence-electron chi connectivity index (χ3n) is 6.89. The van der Waals surface area contributed by atoms with Crippen LogP contribution < -0.4 is 11.1 Å². The smallest absolute Gasteiger partial charge is 0.255 e. The zero-order valence-corrected chi connectivity index (χ0v) is 17.2. The fourth-order valence-electron chi connectivity index (χ4n) is 4.83. The van der Waals surface area contributed by atoms with Gasteiger partial charge >= 0.3 is 0 Å². The van der Waals surface area contributed by atoms with Gasteiger partial charge in [0.05, 0.1) is 0 Å². The number of nitrogens with one attached hydrogen (secondary N) is 1. The molecule has 0 aromatic heterocycles. The number of rotatable bonds is 5. The van der Waals surface area contributed by atoms with Gasteiger partial charge in [0.15, 0.2) is 0 Å². The highest BCUT2D eigenvalue weighted by Crippen LogP contribution is 2.33. The van der Waals surface area contributed by atoms with E-state index < -0.39 is 6.04 Å². The monoisotopic (exact) mass is 411 g/mol. The van der Waals surface area contributed by atoms with E-state index in [1.165, 1.54) is 0 Å². The number of hydrogen-bond acceptors (Lipinski definition) is 6. The number of carbonyl (C=O) groups is 3. The highest BCUT2D eigenvalue weighted by molar-refractivity contribution is 6.05. The van der Waals surface area contributed by atoms with Crippen LogP contribution in [0.1, 0.15) is 47.2 Å². The van der Waals surface area contributed by atoms with Crippen LogP contribution in [0, 0.1) is 0 Å². The van der Waals surface area contributed by atoms with Crippen LogP contribution in [0.5, 0.6) is 0 Å². The molecular weight excluding hydrogens is 382 g/mol. The molecule has 3 N–H and O–H groups in total. The summed E-state index contributed by atoms with van der Waals surface area (Å²) in [6, 6.07) is 5.52. The average molecular weight is 412 g/mol. The van der Waals surface area contributed by atoms with Gasteiger partial charge in [0.2, 0.25) is 11.8 Å². The normalized spacial score (nSPS) is 26.6. The van der Waals surface area contributed by atoms with Crippen molar-refractivity contribution in [3.63, 3.8) is 0 Å². The second-order valence-corrected chi connectivity index (χ2v) is 9.31. The molecular formula is C22H29N5O3. The van der Waals surface area contributed by atoms with Crippen LogP contribution in [-0.2, 0) is 22.7 Å². The molecule has 1 aromatic carbocycles. The van der Waals surface area contributed by atoms with Gasteiger partial charge in [-0.05, 0) is 36.5 Å². The van der Waals surface area contributed by atoms with Crippen molar-refractivity contribution in [1.82, 2.24) is 20.0 Å². The van der Waals surface area contributed by atoms with Gasteiger partial charge in [0, 0.05) is 63.3 Å². The lowest BCUT2D eigenvalue weighted by molar-refractivity contribution is -0.136. The van der Waals surface area contributed by atoms with E-state index in [2.05, 4.69) is 21.2 Å². The molecule has 0 bridgehead atoms. The Morgan fingerprint density at radius 2 is 1.80 bits per heavy atom. The molecule has 1 aromatic rings. The van der Waals surface area contributed by atoms with Crippen LogP contribution in [0.15, 0.2) is 18.2 Å². The summed E-state index contributed by atoms with van der Waals surface area (Å²) < 4.78 is 0. The summed E-state index contributed by atoms with van der Waals surface area (Å²) in [5.74, 6) is -0.735. The fraction of sp³-hybridized carbons (Fsp3) is 0.591. The van der Waals surface area contributed by atoms with Crippen molar-refractivity contribution in [3.05, 3.63) is 34.9 Å². The van der Waals surface area contributed by atoms with Crippen LogP contribution >= 0.6 is 0 Å². The molecule has 2 saturated heterocycles. The Bertz CT molecular complexity index is 889. The molecule has 4 aliphatic rings. The number of piperazine rings is 1. The van der Waals surface area contributed by atoms with Crippen LogP contribution in [0.2, 0.25) is 0 Å². The average Bonchev–Trinajstić information content (AvgIpc) is 3.36. The molecule has 3 heterocycles. The van der Waals surface area contributed by atoms with Gasteiger partial charge < -0.3 is 10.6 Å².